The van der Waals surface area contributed by atoms with Gasteiger partial charge in [0.05, 0.1) is 11.4 Å². The molecule has 5 heteroatoms. The first-order valence-electron chi connectivity index (χ1n) is 11.2. The summed E-state index contributed by atoms with van der Waals surface area (Å²) in [5.41, 5.74) is 4.45. The van der Waals surface area contributed by atoms with E-state index in [1.54, 1.807) is 23.2 Å². The number of rotatable bonds is 9. The molecule has 1 aromatic heterocycles. The van der Waals surface area contributed by atoms with Gasteiger partial charge in [0.1, 0.15) is 0 Å². The molecule has 31 heavy (non-hydrogen) atoms. The standard InChI is InChI=1S/C26H31N3OS/c1-4-22-12-8-9-13-25(22)29(20(3)30)26-27-24(18-31-26)17-28(19(2)23-14-15-23)16-21-10-6-5-7-11-21/h5-13,18-19,23H,4,14-17H2,1-3H3. The van der Waals surface area contributed by atoms with Crippen molar-refractivity contribution in [3.63, 3.8) is 0 Å². The lowest BCUT2D eigenvalue weighted by molar-refractivity contribution is -0.115. The van der Waals surface area contributed by atoms with Gasteiger partial charge >= 0.3 is 0 Å². The Morgan fingerprint density at radius 1 is 1.10 bits per heavy atom. The highest BCUT2D eigenvalue weighted by Gasteiger charge is 2.32. The second-order valence-electron chi connectivity index (χ2n) is 8.43. The zero-order valence-electron chi connectivity index (χ0n) is 18.6. The van der Waals surface area contributed by atoms with Crippen LogP contribution in [0.3, 0.4) is 0 Å². The van der Waals surface area contributed by atoms with Gasteiger partial charge in [-0.25, -0.2) is 4.98 Å². The molecular formula is C26H31N3OS. The summed E-state index contributed by atoms with van der Waals surface area (Å²) in [6, 6.07) is 19.3. The van der Waals surface area contributed by atoms with E-state index < -0.39 is 0 Å². The number of benzene rings is 2. The molecule has 2 aromatic carbocycles. The highest BCUT2D eigenvalue weighted by atomic mass is 32.1. The average Bonchev–Trinajstić information content (AvgIpc) is 3.54. The van der Waals surface area contributed by atoms with Crippen molar-refractivity contribution < 1.29 is 4.79 Å². The van der Waals surface area contributed by atoms with E-state index in [1.165, 1.54) is 18.4 Å². The second-order valence-corrected chi connectivity index (χ2v) is 9.26. The van der Waals surface area contributed by atoms with Crippen molar-refractivity contribution >= 4 is 28.1 Å². The minimum absolute atomic E-state index is 0.00529. The number of para-hydroxylation sites is 1. The van der Waals surface area contributed by atoms with Gasteiger partial charge in [0, 0.05) is 31.4 Å². The van der Waals surface area contributed by atoms with Gasteiger partial charge < -0.3 is 0 Å². The molecule has 4 nitrogen and oxygen atoms in total. The van der Waals surface area contributed by atoms with Gasteiger partial charge in [0.25, 0.3) is 0 Å². The highest BCUT2D eigenvalue weighted by molar-refractivity contribution is 7.14. The molecule has 0 spiro atoms. The first-order valence-corrected chi connectivity index (χ1v) is 12.1. The predicted molar refractivity (Wildman–Crippen MR) is 129 cm³/mol. The normalized spacial score (nSPS) is 14.6. The second kappa shape index (κ2) is 9.75. The number of amides is 1. The molecule has 1 aliphatic rings. The molecule has 1 unspecified atom stereocenters. The number of aryl methyl sites for hydroxylation is 1. The lowest BCUT2D eigenvalue weighted by atomic mass is 10.1. The SMILES string of the molecule is CCc1ccccc1N(C(C)=O)c1nc(CN(Cc2ccccc2)C(C)C2CC2)cs1. The molecule has 0 radical (unpaired) electrons. The van der Waals surface area contributed by atoms with E-state index in [4.69, 9.17) is 4.98 Å². The minimum Gasteiger partial charge on any atom is -0.290 e. The van der Waals surface area contributed by atoms with E-state index in [0.717, 1.165) is 47.5 Å². The Hall–Kier alpha value is -2.50. The number of hydrogen-bond acceptors (Lipinski definition) is 4. The first-order chi connectivity index (χ1) is 15.1. The Balaban J connectivity index is 1.57. The summed E-state index contributed by atoms with van der Waals surface area (Å²) in [7, 11) is 0. The zero-order chi connectivity index (χ0) is 21.8. The number of nitrogens with zero attached hydrogens (tertiary/aromatic N) is 3. The highest BCUT2D eigenvalue weighted by Crippen LogP contribution is 2.37. The number of thiazole rings is 1. The van der Waals surface area contributed by atoms with Crippen molar-refractivity contribution in [1.82, 2.24) is 9.88 Å². The maximum absolute atomic E-state index is 12.6. The van der Waals surface area contributed by atoms with Crippen LogP contribution in [0.4, 0.5) is 10.8 Å². The summed E-state index contributed by atoms with van der Waals surface area (Å²) < 4.78 is 0. The molecule has 1 heterocycles. The van der Waals surface area contributed by atoms with Gasteiger partial charge in [-0.05, 0) is 49.3 Å². The molecule has 0 aliphatic heterocycles. The van der Waals surface area contributed by atoms with Crippen LogP contribution in [0.5, 0.6) is 0 Å². The summed E-state index contributed by atoms with van der Waals surface area (Å²) in [6.45, 7) is 7.79. The lowest BCUT2D eigenvalue weighted by Gasteiger charge is -2.28. The summed E-state index contributed by atoms with van der Waals surface area (Å²) >= 11 is 1.55. The Bertz CT molecular complexity index is 1010. The Kier molecular flexibility index (Phi) is 6.83. The van der Waals surface area contributed by atoms with Gasteiger partial charge in [-0.15, -0.1) is 11.3 Å². The maximum atomic E-state index is 12.6. The van der Waals surface area contributed by atoms with Gasteiger partial charge in [0.15, 0.2) is 5.13 Å². The fourth-order valence-electron chi connectivity index (χ4n) is 4.15. The summed E-state index contributed by atoms with van der Waals surface area (Å²) in [6.07, 6.45) is 3.52. The molecule has 1 fully saturated rings. The van der Waals surface area contributed by atoms with Crippen LogP contribution in [0.15, 0.2) is 60.0 Å². The van der Waals surface area contributed by atoms with Crippen molar-refractivity contribution in [2.75, 3.05) is 4.90 Å². The zero-order valence-corrected chi connectivity index (χ0v) is 19.4. The molecular weight excluding hydrogens is 402 g/mol. The van der Waals surface area contributed by atoms with Crippen LogP contribution in [0.25, 0.3) is 0 Å². The van der Waals surface area contributed by atoms with Crippen LogP contribution in [0.2, 0.25) is 0 Å². The smallest absolute Gasteiger partial charge is 0.230 e. The van der Waals surface area contributed by atoms with Crippen LogP contribution >= 0.6 is 11.3 Å². The number of hydrogen-bond donors (Lipinski definition) is 0. The van der Waals surface area contributed by atoms with Gasteiger partial charge in [-0.2, -0.15) is 0 Å². The number of carbonyl (C=O) groups is 1. The monoisotopic (exact) mass is 433 g/mol. The van der Waals surface area contributed by atoms with Gasteiger partial charge in [0.2, 0.25) is 5.91 Å². The molecule has 0 saturated heterocycles. The van der Waals surface area contributed by atoms with E-state index in [9.17, 15) is 4.79 Å². The molecule has 162 valence electrons. The van der Waals surface area contributed by atoms with Crippen LogP contribution in [0, 0.1) is 5.92 Å². The number of aromatic nitrogens is 1. The summed E-state index contributed by atoms with van der Waals surface area (Å²) in [5, 5.41) is 2.86. The molecule has 1 saturated carbocycles. The fraction of sp³-hybridized carbons (Fsp3) is 0.385. The van der Waals surface area contributed by atoms with Gasteiger partial charge in [-0.1, -0.05) is 55.5 Å². The third-order valence-electron chi connectivity index (χ3n) is 6.13. The van der Waals surface area contributed by atoms with Crippen molar-refractivity contribution in [3.8, 4) is 0 Å². The molecule has 0 bridgehead atoms. The Morgan fingerprint density at radius 3 is 2.48 bits per heavy atom. The Morgan fingerprint density at radius 2 is 1.81 bits per heavy atom. The van der Waals surface area contributed by atoms with Crippen molar-refractivity contribution in [3.05, 3.63) is 76.8 Å². The van der Waals surface area contributed by atoms with Crippen LogP contribution in [0.1, 0.15) is 50.4 Å². The average molecular weight is 434 g/mol. The van der Waals surface area contributed by atoms with E-state index in [1.807, 2.05) is 18.2 Å². The summed E-state index contributed by atoms with van der Waals surface area (Å²) in [5.74, 6) is 0.779. The largest absolute Gasteiger partial charge is 0.290 e. The fourth-order valence-corrected chi connectivity index (χ4v) is 5.02. The van der Waals surface area contributed by atoms with E-state index in [-0.39, 0.29) is 5.91 Å². The topological polar surface area (TPSA) is 36.4 Å². The summed E-state index contributed by atoms with van der Waals surface area (Å²) in [4.78, 5) is 21.8. The van der Waals surface area contributed by atoms with E-state index >= 15 is 0 Å². The molecule has 1 amide bonds. The third-order valence-corrected chi connectivity index (χ3v) is 7.01. The molecule has 3 aromatic rings. The quantitative estimate of drug-likeness (QED) is 0.404. The van der Waals surface area contributed by atoms with Crippen molar-refractivity contribution in [2.24, 2.45) is 5.92 Å². The number of carbonyl (C=O) groups excluding carboxylic acids is 1. The molecule has 1 aliphatic carbocycles. The maximum Gasteiger partial charge on any atom is 0.230 e. The molecule has 0 N–H and O–H groups in total. The van der Waals surface area contributed by atoms with Crippen LogP contribution in [-0.4, -0.2) is 21.8 Å². The van der Waals surface area contributed by atoms with E-state index in [0.29, 0.717) is 6.04 Å². The Labute approximate surface area is 189 Å². The minimum atomic E-state index is -0.00529. The third kappa shape index (κ3) is 5.23. The van der Waals surface area contributed by atoms with E-state index in [2.05, 4.69) is 60.5 Å². The van der Waals surface area contributed by atoms with Gasteiger partial charge in [-0.3, -0.25) is 14.6 Å². The first kappa shape index (κ1) is 21.7. The van der Waals surface area contributed by atoms with Crippen molar-refractivity contribution in [1.29, 1.82) is 0 Å². The molecule has 1 atom stereocenters. The molecule has 4 rings (SSSR count). The van der Waals surface area contributed by atoms with Crippen molar-refractivity contribution in [2.45, 2.75) is 59.2 Å². The number of anilines is 2. The van der Waals surface area contributed by atoms with Crippen LogP contribution in [-0.2, 0) is 24.3 Å². The van der Waals surface area contributed by atoms with Crippen LogP contribution < -0.4 is 4.90 Å². The predicted octanol–water partition coefficient (Wildman–Crippen LogP) is 6.19. The lowest BCUT2D eigenvalue weighted by Crippen LogP contribution is -2.33.